The molecule has 0 aliphatic rings. The van der Waals surface area contributed by atoms with E-state index in [0.29, 0.717) is 21.8 Å². The molecule has 0 aromatic heterocycles. The molecule has 0 saturated carbocycles. The van der Waals surface area contributed by atoms with Crippen LogP contribution in [0.4, 0.5) is 24.5 Å². The van der Waals surface area contributed by atoms with Crippen molar-refractivity contribution in [1.82, 2.24) is 0 Å². The van der Waals surface area contributed by atoms with E-state index in [9.17, 15) is 26.4 Å². The van der Waals surface area contributed by atoms with E-state index in [2.05, 4.69) is 11.9 Å². The highest BCUT2D eigenvalue weighted by Gasteiger charge is 2.34. The van der Waals surface area contributed by atoms with Crippen LogP contribution in [-0.2, 0) is 21.0 Å². The number of ether oxygens (including phenoxy) is 1. The van der Waals surface area contributed by atoms with Crippen molar-refractivity contribution in [2.45, 2.75) is 19.1 Å². The number of benzene rings is 2. The number of carbonyl (C=O) groups excluding carboxylic acids is 1. The van der Waals surface area contributed by atoms with Gasteiger partial charge in [-0.15, -0.1) is 0 Å². The summed E-state index contributed by atoms with van der Waals surface area (Å²) in [6, 6.07) is 8.86. The normalized spacial score (nSPS) is 12.7. The molecule has 162 valence electrons. The summed E-state index contributed by atoms with van der Waals surface area (Å²) in [5.74, 6) is -0.267. The van der Waals surface area contributed by atoms with E-state index in [-0.39, 0.29) is 12.3 Å². The van der Waals surface area contributed by atoms with E-state index >= 15 is 0 Å². The highest BCUT2D eigenvalue weighted by atomic mass is 32.2. The molecule has 0 aliphatic heterocycles. The Morgan fingerprint density at radius 2 is 1.90 bits per heavy atom. The first-order valence-electron chi connectivity index (χ1n) is 8.75. The molecule has 1 atom stereocenters. The fraction of sp³-hybridized carbons (Fsp3) is 0.250. The lowest BCUT2D eigenvalue weighted by atomic mass is 10.1. The van der Waals surface area contributed by atoms with Crippen LogP contribution in [0.1, 0.15) is 12.5 Å². The Hall–Kier alpha value is -3.01. The van der Waals surface area contributed by atoms with Crippen LogP contribution < -0.4 is 14.4 Å². The average molecular weight is 442 g/mol. The summed E-state index contributed by atoms with van der Waals surface area (Å²) in [7, 11) is -4.07. The number of nitrogens with one attached hydrogen (secondary N) is 1. The van der Waals surface area contributed by atoms with Gasteiger partial charge in [0, 0.05) is 11.8 Å². The molecular weight excluding hydrogens is 421 g/mol. The second-order valence-electron chi connectivity index (χ2n) is 6.40. The molecular formula is C20H21F3N2O4S. The molecule has 0 saturated heterocycles. The Kier molecular flexibility index (Phi) is 7.14. The topological polar surface area (TPSA) is 75.7 Å². The van der Waals surface area contributed by atoms with Crippen molar-refractivity contribution in [2.24, 2.45) is 0 Å². The summed E-state index contributed by atoms with van der Waals surface area (Å²) in [6.07, 6.45) is -2.29. The Balaban J connectivity index is 2.31. The number of hydrogen-bond acceptors (Lipinski definition) is 4. The lowest BCUT2D eigenvalue weighted by Gasteiger charge is -2.28. The van der Waals surface area contributed by atoms with Crippen LogP contribution in [0.5, 0.6) is 5.75 Å². The Morgan fingerprint density at radius 3 is 2.50 bits per heavy atom. The molecule has 2 aromatic carbocycles. The molecule has 0 fully saturated rings. The summed E-state index contributed by atoms with van der Waals surface area (Å²) >= 11 is 0. The third-order valence-corrected chi connectivity index (χ3v) is 5.23. The molecule has 6 nitrogen and oxygen atoms in total. The molecule has 0 bridgehead atoms. The second kappa shape index (κ2) is 9.21. The quantitative estimate of drug-likeness (QED) is 0.626. The first kappa shape index (κ1) is 23.3. The number of rotatable bonds is 8. The van der Waals surface area contributed by atoms with Crippen molar-refractivity contribution >= 4 is 27.3 Å². The number of sulfonamides is 1. The summed E-state index contributed by atoms with van der Waals surface area (Å²) in [4.78, 5) is 12.7. The third-order valence-electron chi connectivity index (χ3n) is 3.99. The van der Waals surface area contributed by atoms with Gasteiger partial charge < -0.3 is 10.1 Å². The van der Waals surface area contributed by atoms with Gasteiger partial charge in [-0.1, -0.05) is 24.8 Å². The number of alkyl halides is 3. The molecule has 0 heterocycles. The maximum atomic E-state index is 13.0. The lowest BCUT2D eigenvalue weighted by molar-refractivity contribution is -0.137. The zero-order chi connectivity index (χ0) is 22.5. The zero-order valence-electron chi connectivity index (χ0n) is 16.3. The molecule has 2 aromatic rings. The van der Waals surface area contributed by atoms with E-state index in [1.807, 2.05) is 0 Å². The predicted molar refractivity (Wildman–Crippen MR) is 109 cm³/mol. The molecule has 10 heteroatoms. The second-order valence-corrected chi connectivity index (χ2v) is 8.26. The van der Waals surface area contributed by atoms with Gasteiger partial charge in [-0.05, 0) is 37.3 Å². The van der Waals surface area contributed by atoms with Crippen molar-refractivity contribution in [3.63, 3.8) is 0 Å². The van der Waals surface area contributed by atoms with E-state index in [1.54, 1.807) is 24.3 Å². The monoisotopic (exact) mass is 442 g/mol. The molecule has 1 N–H and O–H groups in total. The number of nitrogens with zero attached hydrogens (tertiary/aromatic N) is 1. The van der Waals surface area contributed by atoms with Crippen LogP contribution in [-0.4, -0.2) is 33.2 Å². The van der Waals surface area contributed by atoms with E-state index in [0.717, 1.165) is 18.4 Å². The van der Waals surface area contributed by atoms with Crippen LogP contribution >= 0.6 is 0 Å². The number of hydrogen-bond donors (Lipinski definition) is 1. The molecule has 0 aliphatic carbocycles. The van der Waals surface area contributed by atoms with Gasteiger partial charge in [-0.3, -0.25) is 9.10 Å². The van der Waals surface area contributed by atoms with E-state index in [1.165, 1.54) is 19.1 Å². The third kappa shape index (κ3) is 5.99. The van der Waals surface area contributed by atoms with Crippen molar-refractivity contribution in [2.75, 3.05) is 22.5 Å². The molecule has 1 amide bonds. The highest BCUT2D eigenvalue weighted by Crippen LogP contribution is 2.33. The van der Waals surface area contributed by atoms with Crippen LogP contribution in [0.25, 0.3) is 0 Å². The smallest absolute Gasteiger partial charge is 0.416 e. The number of halogens is 3. The van der Waals surface area contributed by atoms with Gasteiger partial charge >= 0.3 is 6.18 Å². The van der Waals surface area contributed by atoms with Gasteiger partial charge in [0.25, 0.3) is 0 Å². The molecule has 0 spiro atoms. The van der Waals surface area contributed by atoms with Crippen LogP contribution in [0.2, 0.25) is 0 Å². The van der Waals surface area contributed by atoms with E-state index in [4.69, 9.17) is 4.74 Å². The van der Waals surface area contributed by atoms with E-state index < -0.39 is 33.7 Å². The Morgan fingerprint density at radius 1 is 1.23 bits per heavy atom. The van der Waals surface area contributed by atoms with Gasteiger partial charge in [0.2, 0.25) is 15.9 Å². The fourth-order valence-corrected chi connectivity index (χ4v) is 3.86. The Labute approximate surface area is 173 Å². The number of carbonyl (C=O) groups is 1. The average Bonchev–Trinajstić information content (AvgIpc) is 2.65. The van der Waals surface area contributed by atoms with Gasteiger partial charge in [-0.2, -0.15) is 13.2 Å². The highest BCUT2D eigenvalue weighted by molar-refractivity contribution is 7.92. The summed E-state index contributed by atoms with van der Waals surface area (Å²) in [6.45, 7) is 5.08. The lowest BCUT2D eigenvalue weighted by Crippen LogP contribution is -2.45. The first-order chi connectivity index (χ1) is 13.9. The minimum absolute atomic E-state index is 0.255. The first-order valence-corrected chi connectivity index (χ1v) is 10.6. The zero-order valence-corrected chi connectivity index (χ0v) is 17.1. The van der Waals surface area contributed by atoms with Gasteiger partial charge in [0.15, 0.2) is 0 Å². The minimum atomic E-state index is -4.66. The number of amides is 1. The van der Waals surface area contributed by atoms with Crippen LogP contribution in [0.15, 0.2) is 61.2 Å². The summed E-state index contributed by atoms with van der Waals surface area (Å²) in [5, 5.41) is 2.55. The Bertz CT molecular complexity index is 1020. The van der Waals surface area contributed by atoms with Gasteiger partial charge in [0.1, 0.15) is 18.4 Å². The summed E-state index contributed by atoms with van der Waals surface area (Å²) < 4.78 is 69.7. The van der Waals surface area contributed by atoms with Crippen LogP contribution in [0, 0.1) is 0 Å². The van der Waals surface area contributed by atoms with Crippen molar-refractivity contribution in [3.05, 3.63) is 66.7 Å². The SMILES string of the molecule is C=CCOc1cccc(NC(=O)C(C)N(c2cccc(C(F)(F)F)c2)S(C)(=O)=O)c1. The molecule has 30 heavy (non-hydrogen) atoms. The van der Waals surface area contributed by atoms with Crippen LogP contribution in [0.3, 0.4) is 0 Å². The standard InChI is InChI=1S/C20H21F3N2O4S/c1-4-11-29-18-10-6-8-16(13-18)24-19(26)14(2)25(30(3,27)28)17-9-5-7-15(12-17)20(21,22)23/h4-10,12-14H,1,11H2,2-3H3,(H,24,26). The molecule has 1 unspecified atom stereocenters. The number of anilines is 2. The van der Waals surface area contributed by atoms with Gasteiger partial charge in [-0.25, -0.2) is 8.42 Å². The summed E-state index contributed by atoms with van der Waals surface area (Å²) in [5.41, 5.74) is -0.947. The van der Waals surface area contributed by atoms with Crippen molar-refractivity contribution in [3.8, 4) is 5.75 Å². The maximum absolute atomic E-state index is 13.0. The molecule has 0 radical (unpaired) electrons. The van der Waals surface area contributed by atoms with Crippen molar-refractivity contribution in [1.29, 1.82) is 0 Å². The van der Waals surface area contributed by atoms with Crippen molar-refractivity contribution < 1.29 is 31.1 Å². The van der Waals surface area contributed by atoms with Gasteiger partial charge in [0.05, 0.1) is 17.5 Å². The molecule has 2 rings (SSSR count). The fourth-order valence-electron chi connectivity index (χ4n) is 2.69. The predicted octanol–water partition coefficient (Wildman–Crippen LogP) is 4.06. The maximum Gasteiger partial charge on any atom is 0.416 e. The largest absolute Gasteiger partial charge is 0.489 e. The minimum Gasteiger partial charge on any atom is -0.489 e.